The van der Waals surface area contributed by atoms with Crippen LogP contribution in [-0.2, 0) is 11.8 Å². The number of nitrogens with one attached hydrogen (secondary N) is 1. The van der Waals surface area contributed by atoms with Crippen LogP contribution in [0.3, 0.4) is 0 Å². The van der Waals surface area contributed by atoms with Crippen LogP contribution < -0.4 is 16.0 Å². The standard InChI is InChI=1S/C21H23ClN8O3/c1-11(15-4-3-7-24-18(15)22)30(21(32)33)20-17(27-28-29(20)2)16-6-5-14(10-25-16)26-19(31)12-8-13(23)9-12/h3-7,10-13H,8-9,23H2,1-2H3,(H,26,31)(H,32,33)/t11-,12?,13?/m1/s1. The Labute approximate surface area is 194 Å². The SMILES string of the molecule is C[C@H](c1cccnc1Cl)N(C(=O)O)c1c(-c2ccc(NC(=O)C3CC(N)C3)cn2)nnn1C. The van der Waals surface area contributed by atoms with Crippen molar-refractivity contribution in [3.8, 4) is 11.4 Å². The number of anilines is 2. The summed E-state index contributed by atoms with van der Waals surface area (Å²) in [5.41, 5.74) is 7.49. The number of aromatic nitrogens is 5. The fourth-order valence-corrected chi connectivity index (χ4v) is 4.08. The number of halogens is 1. The Balaban J connectivity index is 1.62. The van der Waals surface area contributed by atoms with E-state index >= 15 is 0 Å². The van der Waals surface area contributed by atoms with Crippen molar-refractivity contribution in [3.63, 3.8) is 0 Å². The van der Waals surface area contributed by atoms with Crippen LogP contribution in [0.5, 0.6) is 0 Å². The minimum Gasteiger partial charge on any atom is -0.465 e. The van der Waals surface area contributed by atoms with Gasteiger partial charge in [0.25, 0.3) is 0 Å². The Hall–Kier alpha value is -3.57. The highest BCUT2D eigenvalue weighted by Crippen LogP contribution is 2.35. The second kappa shape index (κ2) is 9.12. The highest BCUT2D eigenvalue weighted by atomic mass is 35.5. The zero-order valence-electron chi connectivity index (χ0n) is 18.0. The number of carbonyl (C=O) groups is 2. The summed E-state index contributed by atoms with van der Waals surface area (Å²) in [5, 5.41) is 21.2. The molecule has 0 unspecified atom stereocenters. The number of carbonyl (C=O) groups excluding carboxylic acids is 1. The lowest BCUT2D eigenvalue weighted by Gasteiger charge is -2.31. The van der Waals surface area contributed by atoms with E-state index in [0.717, 1.165) is 4.90 Å². The van der Waals surface area contributed by atoms with Gasteiger partial charge in [0.1, 0.15) is 5.15 Å². The van der Waals surface area contributed by atoms with Gasteiger partial charge in [-0.15, -0.1) is 5.10 Å². The monoisotopic (exact) mass is 470 g/mol. The number of pyridine rings is 2. The van der Waals surface area contributed by atoms with Gasteiger partial charge in [0.05, 0.1) is 23.6 Å². The summed E-state index contributed by atoms with van der Waals surface area (Å²) in [4.78, 5) is 34.1. The molecule has 11 nitrogen and oxygen atoms in total. The number of nitrogens with zero attached hydrogens (tertiary/aromatic N) is 6. The minimum atomic E-state index is -1.21. The molecule has 0 saturated heterocycles. The predicted molar refractivity (Wildman–Crippen MR) is 122 cm³/mol. The Morgan fingerprint density at radius 3 is 2.67 bits per heavy atom. The fourth-order valence-electron chi connectivity index (χ4n) is 3.80. The zero-order valence-corrected chi connectivity index (χ0v) is 18.8. The maximum absolute atomic E-state index is 12.3. The van der Waals surface area contributed by atoms with Crippen LogP contribution in [0.15, 0.2) is 36.7 Å². The van der Waals surface area contributed by atoms with E-state index in [1.54, 1.807) is 38.2 Å². The van der Waals surface area contributed by atoms with Crippen LogP contribution in [-0.4, -0.2) is 48.1 Å². The van der Waals surface area contributed by atoms with Crippen LogP contribution in [0.4, 0.5) is 16.3 Å². The van der Waals surface area contributed by atoms with Gasteiger partial charge in [0.2, 0.25) is 5.91 Å². The van der Waals surface area contributed by atoms with E-state index in [1.165, 1.54) is 17.1 Å². The second-order valence-electron chi connectivity index (χ2n) is 7.95. The normalized spacial score (nSPS) is 18.3. The van der Waals surface area contributed by atoms with Crippen molar-refractivity contribution in [2.45, 2.75) is 31.8 Å². The van der Waals surface area contributed by atoms with Gasteiger partial charge in [-0.25, -0.2) is 14.5 Å². The molecule has 0 spiro atoms. The molecule has 4 rings (SSSR count). The van der Waals surface area contributed by atoms with Gasteiger partial charge >= 0.3 is 6.09 Å². The summed E-state index contributed by atoms with van der Waals surface area (Å²) < 4.78 is 1.36. The van der Waals surface area contributed by atoms with Crippen molar-refractivity contribution in [1.29, 1.82) is 0 Å². The zero-order chi connectivity index (χ0) is 23.7. The summed E-state index contributed by atoms with van der Waals surface area (Å²) in [5.74, 6) is 0.0458. The van der Waals surface area contributed by atoms with Gasteiger partial charge in [-0.05, 0) is 38.0 Å². The van der Waals surface area contributed by atoms with Crippen molar-refractivity contribution in [1.82, 2.24) is 25.0 Å². The lowest BCUT2D eigenvalue weighted by molar-refractivity contribution is -0.122. The van der Waals surface area contributed by atoms with E-state index in [4.69, 9.17) is 17.3 Å². The Kier molecular flexibility index (Phi) is 6.25. The molecule has 1 saturated carbocycles. The number of hydrogen-bond donors (Lipinski definition) is 3. The molecule has 1 aliphatic rings. The summed E-state index contributed by atoms with van der Waals surface area (Å²) in [6.45, 7) is 1.70. The molecule has 12 heteroatoms. The van der Waals surface area contributed by atoms with Gasteiger partial charge in [-0.3, -0.25) is 14.7 Å². The molecule has 3 aromatic rings. The van der Waals surface area contributed by atoms with E-state index in [-0.39, 0.29) is 34.5 Å². The van der Waals surface area contributed by atoms with Gasteiger partial charge in [0.15, 0.2) is 11.5 Å². The Bertz CT molecular complexity index is 1180. The van der Waals surface area contributed by atoms with Crippen LogP contribution in [0, 0.1) is 5.92 Å². The molecule has 1 fully saturated rings. The first-order valence-corrected chi connectivity index (χ1v) is 10.7. The Morgan fingerprint density at radius 1 is 1.30 bits per heavy atom. The highest BCUT2D eigenvalue weighted by molar-refractivity contribution is 6.30. The van der Waals surface area contributed by atoms with Crippen molar-refractivity contribution in [3.05, 3.63) is 47.4 Å². The average molecular weight is 471 g/mol. The summed E-state index contributed by atoms with van der Waals surface area (Å²) in [6, 6.07) is 6.14. The third-order valence-electron chi connectivity index (χ3n) is 5.68. The molecule has 0 radical (unpaired) electrons. The minimum absolute atomic E-state index is 0.0810. The van der Waals surface area contributed by atoms with Gasteiger partial charge in [0, 0.05) is 30.8 Å². The number of aryl methyl sites for hydroxylation is 1. The average Bonchev–Trinajstić information content (AvgIpc) is 3.13. The fraction of sp³-hybridized carbons (Fsp3) is 0.333. The number of amides is 2. The molecule has 3 aromatic heterocycles. The van der Waals surface area contributed by atoms with Crippen LogP contribution in [0.25, 0.3) is 11.4 Å². The summed E-state index contributed by atoms with van der Waals surface area (Å²) >= 11 is 6.21. The molecule has 1 atom stereocenters. The third kappa shape index (κ3) is 4.50. The first-order valence-electron chi connectivity index (χ1n) is 10.3. The molecule has 3 heterocycles. The molecule has 4 N–H and O–H groups in total. The van der Waals surface area contributed by atoms with Crippen LogP contribution in [0.2, 0.25) is 5.15 Å². The highest BCUT2D eigenvalue weighted by Gasteiger charge is 2.33. The lowest BCUT2D eigenvalue weighted by atomic mass is 9.80. The second-order valence-corrected chi connectivity index (χ2v) is 8.31. The van der Waals surface area contributed by atoms with E-state index < -0.39 is 12.1 Å². The van der Waals surface area contributed by atoms with Gasteiger partial charge < -0.3 is 16.2 Å². The van der Waals surface area contributed by atoms with Crippen molar-refractivity contribution < 1.29 is 14.7 Å². The van der Waals surface area contributed by atoms with Crippen LogP contribution >= 0.6 is 11.6 Å². The molecule has 2 amide bonds. The molecule has 0 bridgehead atoms. The smallest absolute Gasteiger partial charge is 0.413 e. The topological polar surface area (TPSA) is 152 Å². The van der Waals surface area contributed by atoms with E-state index in [1.807, 2.05) is 0 Å². The van der Waals surface area contributed by atoms with Crippen LogP contribution in [0.1, 0.15) is 31.4 Å². The Morgan fingerprint density at radius 2 is 2.06 bits per heavy atom. The largest absolute Gasteiger partial charge is 0.465 e. The van der Waals surface area contributed by atoms with E-state index in [9.17, 15) is 14.7 Å². The molecule has 172 valence electrons. The number of nitrogens with two attached hydrogens (primary N) is 1. The lowest BCUT2D eigenvalue weighted by Crippen LogP contribution is -2.42. The molecule has 0 aromatic carbocycles. The maximum atomic E-state index is 12.3. The van der Waals surface area contributed by atoms with Crippen molar-refractivity contribution in [2.24, 2.45) is 18.7 Å². The number of rotatable bonds is 6. The molecular formula is C21H23ClN8O3. The van der Waals surface area contributed by atoms with Crippen molar-refractivity contribution >= 4 is 35.1 Å². The quantitative estimate of drug-likeness (QED) is 0.465. The van der Waals surface area contributed by atoms with Gasteiger partial charge in [-0.2, -0.15) is 0 Å². The molecule has 1 aliphatic carbocycles. The third-order valence-corrected chi connectivity index (χ3v) is 5.99. The number of hydrogen-bond acceptors (Lipinski definition) is 7. The molecule has 0 aliphatic heterocycles. The van der Waals surface area contributed by atoms with Crippen molar-refractivity contribution in [2.75, 3.05) is 10.2 Å². The van der Waals surface area contributed by atoms with E-state index in [2.05, 4.69) is 25.6 Å². The number of carboxylic acid groups (broad SMARTS) is 1. The first-order chi connectivity index (χ1) is 15.8. The summed E-state index contributed by atoms with van der Waals surface area (Å²) in [7, 11) is 1.59. The predicted octanol–water partition coefficient (Wildman–Crippen LogP) is 2.85. The summed E-state index contributed by atoms with van der Waals surface area (Å²) in [6.07, 6.45) is 3.16. The molecule has 33 heavy (non-hydrogen) atoms. The molecular weight excluding hydrogens is 448 g/mol. The van der Waals surface area contributed by atoms with Gasteiger partial charge in [-0.1, -0.05) is 22.9 Å². The first kappa shape index (κ1) is 22.6. The van der Waals surface area contributed by atoms with E-state index in [0.29, 0.717) is 29.8 Å². The maximum Gasteiger partial charge on any atom is 0.413 e.